The molecule has 0 amide bonds. The third-order valence-corrected chi connectivity index (χ3v) is 4.38. The van der Waals surface area contributed by atoms with Gasteiger partial charge in [-0.2, -0.15) is 0 Å². The fourth-order valence-electron chi connectivity index (χ4n) is 3.06. The van der Waals surface area contributed by atoms with Crippen molar-refractivity contribution in [1.29, 1.82) is 0 Å². The van der Waals surface area contributed by atoms with Gasteiger partial charge in [0.15, 0.2) is 0 Å². The van der Waals surface area contributed by atoms with Crippen molar-refractivity contribution >= 4 is 5.78 Å². The number of likely N-dealkylation sites (tertiary alicyclic amines) is 1. The van der Waals surface area contributed by atoms with Gasteiger partial charge in [0, 0.05) is 18.9 Å². The zero-order valence-electron chi connectivity index (χ0n) is 10.7. The highest BCUT2D eigenvalue weighted by molar-refractivity contribution is 5.81. The van der Waals surface area contributed by atoms with Crippen LogP contribution >= 0.6 is 0 Å². The highest BCUT2D eigenvalue weighted by atomic mass is 16.1. The molecule has 0 aromatic rings. The molecule has 0 N–H and O–H groups in total. The number of ketones is 1. The van der Waals surface area contributed by atoms with E-state index in [0.29, 0.717) is 11.7 Å². The van der Waals surface area contributed by atoms with Crippen molar-refractivity contribution < 1.29 is 4.79 Å². The summed E-state index contributed by atoms with van der Waals surface area (Å²) >= 11 is 0. The molecule has 1 heterocycles. The molecule has 0 aromatic heterocycles. The van der Waals surface area contributed by atoms with E-state index in [1.807, 2.05) is 0 Å². The van der Waals surface area contributed by atoms with Crippen LogP contribution in [0.2, 0.25) is 0 Å². The van der Waals surface area contributed by atoms with Crippen LogP contribution < -0.4 is 0 Å². The van der Waals surface area contributed by atoms with Crippen LogP contribution in [0.5, 0.6) is 0 Å². The molecule has 1 saturated carbocycles. The van der Waals surface area contributed by atoms with Gasteiger partial charge < -0.3 is 4.90 Å². The summed E-state index contributed by atoms with van der Waals surface area (Å²) in [5.41, 5.74) is 0. The Kier molecular flexibility index (Phi) is 4.01. The largest absolute Gasteiger partial charge is 0.303 e. The number of piperidine rings is 1. The number of carbonyl (C=O) groups is 1. The molecule has 2 atom stereocenters. The summed E-state index contributed by atoms with van der Waals surface area (Å²) in [6, 6.07) is 0. The van der Waals surface area contributed by atoms with E-state index in [1.54, 1.807) is 0 Å². The van der Waals surface area contributed by atoms with E-state index in [9.17, 15) is 4.79 Å². The molecule has 1 aliphatic heterocycles. The average Bonchev–Trinajstić information content (AvgIpc) is 2.27. The van der Waals surface area contributed by atoms with Crippen LogP contribution in [0, 0.1) is 17.8 Å². The molecule has 2 heteroatoms. The second-order valence-electron chi connectivity index (χ2n) is 6.03. The maximum Gasteiger partial charge on any atom is 0.137 e. The molecule has 0 bridgehead atoms. The molecule has 2 unspecified atom stereocenters. The minimum atomic E-state index is 0.345. The van der Waals surface area contributed by atoms with Crippen LogP contribution in [0.25, 0.3) is 0 Å². The van der Waals surface area contributed by atoms with E-state index in [0.717, 1.165) is 37.6 Å². The van der Waals surface area contributed by atoms with Crippen molar-refractivity contribution in [3.63, 3.8) is 0 Å². The van der Waals surface area contributed by atoms with Crippen molar-refractivity contribution in [2.24, 2.45) is 17.8 Å². The lowest BCUT2D eigenvalue weighted by atomic mass is 9.81. The van der Waals surface area contributed by atoms with Gasteiger partial charge in [-0.05, 0) is 50.6 Å². The van der Waals surface area contributed by atoms with Gasteiger partial charge in [-0.15, -0.1) is 0 Å². The fourth-order valence-corrected chi connectivity index (χ4v) is 3.06. The van der Waals surface area contributed by atoms with Crippen LogP contribution in [0.15, 0.2) is 0 Å². The van der Waals surface area contributed by atoms with Crippen molar-refractivity contribution in [3.05, 3.63) is 0 Å². The maximum atomic E-state index is 11.9. The van der Waals surface area contributed by atoms with Gasteiger partial charge in [0.2, 0.25) is 0 Å². The fraction of sp³-hybridized carbons (Fsp3) is 0.929. The van der Waals surface area contributed by atoms with E-state index in [2.05, 4.69) is 18.7 Å². The summed E-state index contributed by atoms with van der Waals surface area (Å²) in [5.74, 6) is 2.51. The molecule has 2 nitrogen and oxygen atoms in total. The third-order valence-electron chi connectivity index (χ3n) is 4.38. The van der Waals surface area contributed by atoms with Gasteiger partial charge in [-0.3, -0.25) is 4.79 Å². The molecule has 2 rings (SSSR count). The maximum absolute atomic E-state index is 11.9. The smallest absolute Gasteiger partial charge is 0.137 e. The molecule has 92 valence electrons. The number of carbonyl (C=O) groups excluding carboxylic acids is 1. The summed E-state index contributed by atoms with van der Waals surface area (Å²) in [4.78, 5) is 14.4. The van der Waals surface area contributed by atoms with Crippen molar-refractivity contribution in [2.45, 2.75) is 46.0 Å². The van der Waals surface area contributed by atoms with Crippen molar-refractivity contribution in [2.75, 3.05) is 19.6 Å². The van der Waals surface area contributed by atoms with E-state index < -0.39 is 0 Å². The van der Waals surface area contributed by atoms with Crippen LogP contribution in [-0.4, -0.2) is 30.3 Å². The number of nitrogens with zero attached hydrogens (tertiary/aromatic N) is 1. The van der Waals surface area contributed by atoms with E-state index in [1.165, 1.54) is 25.9 Å². The molecular formula is C14H25NO. The highest BCUT2D eigenvalue weighted by Gasteiger charge is 2.28. The first kappa shape index (κ1) is 12.1. The first-order valence-electron chi connectivity index (χ1n) is 6.90. The number of Topliss-reactive ketones (excluding diaryl/α,β-unsaturated/α-hetero) is 1. The topological polar surface area (TPSA) is 20.3 Å². The lowest BCUT2D eigenvalue weighted by Crippen LogP contribution is -2.40. The van der Waals surface area contributed by atoms with Crippen LogP contribution in [-0.2, 0) is 4.79 Å². The van der Waals surface area contributed by atoms with Crippen LogP contribution in [0.4, 0.5) is 0 Å². The summed E-state index contributed by atoms with van der Waals surface area (Å²) in [5, 5.41) is 0. The second-order valence-corrected chi connectivity index (χ2v) is 6.03. The molecular weight excluding hydrogens is 198 g/mol. The monoisotopic (exact) mass is 223 g/mol. The standard InChI is InChI=1S/C14H25NO/c1-11-5-7-15(8-6-11)10-13-9-12(2)3-4-14(13)16/h11-13H,3-10H2,1-2H3. The Morgan fingerprint density at radius 3 is 2.50 bits per heavy atom. The third kappa shape index (κ3) is 3.07. The van der Waals surface area contributed by atoms with Crippen molar-refractivity contribution in [3.8, 4) is 0 Å². The number of hydrogen-bond acceptors (Lipinski definition) is 2. The molecule has 2 aliphatic rings. The molecule has 2 fully saturated rings. The molecule has 0 radical (unpaired) electrons. The Morgan fingerprint density at radius 2 is 1.81 bits per heavy atom. The lowest BCUT2D eigenvalue weighted by Gasteiger charge is -2.35. The Bertz CT molecular complexity index is 243. The number of hydrogen-bond donors (Lipinski definition) is 0. The second kappa shape index (κ2) is 5.31. The van der Waals surface area contributed by atoms with E-state index in [4.69, 9.17) is 0 Å². The highest BCUT2D eigenvalue weighted by Crippen LogP contribution is 2.27. The normalized spacial score (nSPS) is 34.2. The van der Waals surface area contributed by atoms with E-state index in [-0.39, 0.29) is 0 Å². The Balaban J connectivity index is 1.81. The minimum absolute atomic E-state index is 0.345. The molecule has 1 aliphatic carbocycles. The van der Waals surface area contributed by atoms with Gasteiger partial charge in [0.05, 0.1) is 0 Å². The molecule has 0 aromatic carbocycles. The summed E-state index contributed by atoms with van der Waals surface area (Å²) in [6.07, 6.45) is 5.71. The van der Waals surface area contributed by atoms with Gasteiger partial charge >= 0.3 is 0 Å². The Labute approximate surface area is 99.4 Å². The molecule has 0 spiro atoms. The summed E-state index contributed by atoms with van der Waals surface area (Å²) in [6.45, 7) is 8.08. The summed E-state index contributed by atoms with van der Waals surface area (Å²) < 4.78 is 0. The molecule has 16 heavy (non-hydrogen) atoms. The average molecular weight is 223 g/mol. The zero-order chi connectivity index (χ0) is 11.5. The quantitative estimate of drug-likeness (QED) is 0.717. The number of rotatable bonds is 2. The van der Waals surface area contributed by atoms with Crippen LogP contribution in [0.3, 0.4) is 0 Å². The van der Waals surface area contributed by atoms with Crippen molar-refractivity contribution in [1.82, 2.24) is 4.90 Å². The lowest BCUT2D eigenvalue weighted by molar-refractivity contribution is -0.126. The van der Waals surface area contributed by atoms with E-state index >= 15 is 0 Å². The van der Waals surface area contributed by atoms with Gasteiger partial charge in [0.1, 0.15) is 5.78 Å². The molecule has 1 saturated heterocycles. The zero-order valence-corrected chi connectivity index (χ0v) is 10.7. The first-order valence-corrected chi connectivity index (χ1v) is 6.90. The summed E-state index contributed by atoms with van der Waals surface area (Å²) in [7, 11) is 0. The van der Waals surface area contributed by atoms with Gasteiger partial charge in [-0.25, -0.2) is 0 Å². The Hall–Kier alpha value is -0.370. The van der Waals surface area contributed by atoms with Gasteiger partial charge in [0.25, 0.3) is 0 Å². The SMILES string of the molecule is CC1CCN(CC2CC(C)CCC2=O)CC1. The predicted molar refractivity (Wildman–Crippen MR) is 66.4 cm³/mol. The van der Waals surface area contributed by atoms with Gasteiger partial charge in [-0.1, -0.05) is 13.8 Å². The first-order chi connectivity index (χ1) is 7.65. The predicted octanol–water partition coefficient (Wildman–Crippen LogP) is 2.72. The Morgan fingerprint density at radius 1 is 1.12 bits per heavy atom. The minimum Gasteiger partial charge on any atom is -0.303 e. The van der Waals surface area contributed by atoms with Crippen LogP contribution in [0.1, 0.15) is 46.0 Å².